The number of fused-ring (bicyclic) bond motifs is 1. The second-order valence-electron chi connectivity index (χ2n) is 9.21. The maximum atomic E-state index is 13.4. The van der Waals surface area contributed by atoms with Crippen molar-refractivity contribution in [3.8, 4) is 5.75 Å². The van der Waals surface area contributed by atoms with Gasteiger partial charge in [-0.2, -0.15) is 0 Å². The van der Waals surface area contributed by atoms with Crippen molar-refractivity contribution in [2.24, 2.45) is 0 Å². The Morgan fingerprint density at radius 3 is 2.51 bits per heavy atom. The summed E-state index contributed by atoms with van der Waals surface area (Å²) in [5.41, 5.74) is 3.72. The van der Waals surface area contributed by atoms with Gasteiger partial charge in [0.15, 0.2) is 5.82 Å². The molecule has 1 fully saturated rings. The van der Waals surface area contributed by atoms with Gasteiger partial charge in [-0.25, -0.2) is 4.68 Å². The van der Waals surface area contributed by atoms with E-state index in [1.54, 1.807) is 18.9 Å². The number of nitrogens with zero attached hydrogens (tertiary/aromatic N) is 6. The van der Waals surface area contributed by atoms with E-state index in [1.807, 2.05) is 24.3 Å². The fourth-order valence-electron chi connectivity index (χ4n) is 4.97. The largest absolute Gasteiger partial charge is 0.497 e. The van der Waals surface area contributed by atoms with Gasteiger partial charge in [-0.15, -0.1) is 5.10 Å². The molecule has 1 aliphatic rings. The zero-order valence-corrected chi connectivity index (χ0v) is 21.6. The van der Waals surface area contributed by atoms with Crippen molar-refractivity contribution in [3.63, 3.8) is 0 Å². The third-order valence-corrected chi connectivity index (χ3v) is 7.07. The summed E-state index contributed by atoms with van der Waals surface area (Å²) in [5, 5.41) is 13.6. The van der Waals surface area contributed by atoms with E-state index in [0.29, 0.717) is 24.5 Å². The van der Waals surface area contributed by atoms with E-state index >= 15 is 0 Å². The average Bonchev–Trinajstić information content (AvgIpc) is 3.40. The third-order valence-electron chi connectivity index (χ3n) is 7.07. The number of methoxy groups -OCH3 is 2. The quantitative estimate of drug-likeness (QED) is 0.372. The number of anilines is 1. The topological polar surface area (TPSA) is 101 Å². The number of aromatic nitrogens is 5. The molecule has 10 heteroatoms. The van der Waals surface area contributed by atoms with Gasteiger partial charge in [-0.3, -0.25) is 9.69 Å². The number of nitrogens with one attached hydrogen (secondary N) is 1. The maximum Gasteiger partial charge on any atom is 0.253 e. The van der Waals surface area contributed by atoms with Crippen molar-refractivity contribution >= 4 is 16.6 Å². The van der Waals surface area contributed by atoms with Crippen molar-refractivity contribution in [1.29, 1.82) is 0 Å². The lowest BCUT2D eigenvalue weighted by atomic mass is 10.0. The van der Waals surface area contributed by atoms with Crippen molar-refractivity contribution in [2.45, 2.75) is 25.9 Å². The normalized spacial score (nSPS) is 15.3. The van der Waals surface area contributed by atoms with Gasteiger partial charge in [0.1, 0.15) is 11.8 Å². The second kappa shape index (κ2) is 11.1. The van der Waals surface area contributed by atoms with E-state index in [0.717, 1.165) is 54.9 Å². The predicted octanol–water partition coefficient (Wildman–Crippen LogP) is 2.64. The first kappa shape index (κ1) is 24.9. The summed E-state index contributed by atoms with van der Waals surface area (Å²) in [4.78, 5) is 21.2. The van der Waals surface area contributed by atoms with E-state index in [-0.39, 0.29) is 11.6 Å². The minimum absolute atomic E-state index is 0.124. The zero-order valence-electron chi connectivity index (χ0n) is 21.6. The van der Waals surface area contributed by atoms with Crippen LogP contribution < -0.4 is 15.2 Å². The Hall–Kier alpha value is -3.76. The Morgan fingerprint density at radius 1 is 1.03 bits per heavy atom. The molecule has 1 saturated heterocycles. The van der Waals surface area contributed by atoms with E-state index in [4.69, 9.17) is 9.47 Å². The summed E-state index contributed by atoms with van der Waals surface area (Å²) in [7, 11) is 3.32. The summed E-state index contributed by atoms with van der Waals surface area (Å²) < 4.78 is 12.3. The van der Waals surface area contributed by atoms with Crippen molar-refractivity contribution in [2.75, 3.05) is 51.9 Å². The average molecular weight is 504 g/mol. The number of H-pyrrole nitrogens is 1. The molecular weight excluding hydrogens is 470 g/mol. The number of piperazine rings is 1. The standard InChI is InChI=1S/C27H33N7O3/c1-4-19-5-10-24-20(17-19)18-23(27(35)28-24)25(26-29-30-31-34(26)15-16-36-2)33-13-11-32(12-14-33)21-6-8-22(37-3)9-7-21/h5-10,17-18,25H,4,11-16H2,1-3H3,(H,28,35)/t25-/m1/s1. The Kier molecular flexibility index (Phi) is 7.47. The molecule has 10 nitrogen and oxygen atoms in total. The Morgan fingerprint density at radius 2 is 1.81 bits per heavy atom. The monoisotopic (exact) mass is 503 g/mol. The van der Waals surface area contributed by atoms with E-state index < -0.39 is 0 Å². The molecule has 0 radical (unpaired) electrons. The molecule has 4 aromatic rings. The first-order chi connectivity index (χ1) is 18.1. The first-order valence-electron chi connectivity index (χ1n) is 12.6. The van der Waals surface area contributed by atoms with Crippen LogP contribution in [0.5, 0.6) is 5.75 Å². The number of benzene rings is 2. The molecular formula is C27H33N7O3. The highest BCUT2D eigenvalue weighted by molar-refractivity contribution is 5.80. The Labute approximate surface area is 215 Å². The van der Waals surface area contributed by atoms with E-state index in [9.17, 15) is 4.79 Å². The number of tetrazole rings is 1. The van der Waals surface area contributed by atoms with Gasteiger partial charge in [0.25, 0.3) is 5.56 Å². The molecule has 5 rings (SSSR count). The second-order valence-corrected chi connectivity index (χ2v) is 9.21. The van der Waals surface area contributed by atoms with Gasteiger partial charge >= 0.3 is 0 Å². The summed E-state index contributed by atoms with van der Waals surface area (Å²) >= 11 is 0. The smallest absolute Gasteiger partial charge is 0.253 e. The Bertz CT molecular complexity index is 1390. The van der Waals surface area contributed by atoms with Gasteiger partial charge < -0.3 is 19.4 Å². The van der Waals surface area contributed by atoms with Crippen LogP contribution in [0.25, 0.3) is 10.9 Å². The highest BCUT2D eigenvalue weighted by Gasteiger charge is 2.32. The van der Waals surface area contributed by atoms with E-state index in [2.05, 4.69) is 61.5 Å². The molecule has 0 amide bonds. The highest BCUT2D eigenvalue weighted by Crippen LogP contribution is 2.29. The summed E-state index contributed by atoms with van der Waals surface area (Å²) in [5.74, 6) is 1.48. The highest BCUT2D eigenvalue weighted by atomic mass is 16.5. The minimum Gasteiger partial charge on any atom is -0.497 e. The Balaban J connectivity index is 1.50. The van der Waals surface area contributed by atoms with Gasteiger partial charge in [-0.1, -0.05) is 13.0 Å². The van der Waals surface area contributed by atoms with E-state index in [1.165, 1.54) is 5.56 Å². The fraction of sp³-hybridized carbons (Fsp3) is 0.407. The number of rotatable bonds is 9. The van der Waals surface area contributed by atoms with Gasteiger partial charge in [0.05, 0.1) is 20.3 Å². The van der Waals surface area contributed by atoms with Crippen LogP contribution in [0, 0.1) is 0 Å². The number of hydrogen-bond donors (Lipinski definition) is 1. The van der Waals surface area contributed by atoms with Crippen LogP contribution in [0.4, 0.5) is 5.69 Å². The molecule has 0 saturated carbocycles. The molecule has 0 aliphatic carbocycles. The van der Waals surface area contributed by atoms with Crippen LogP contribution in [0.1, 0.15) is 29.9 Å². The number of ether oxygens (including phenoxy) is 2. The molecule has 2 aromatic heterocycles. The zero-order chi connectivity index (χ0) is 25.8. The number of hydrogen-bond acceptors (Lipinski definition) is 8. The molecule has 0 unspecified atom stereocenters. The van der Waals surface area contributed by atoms with Crippen LogP contribution in [-0.4, -0.2) is 77.1 Å². The lowest BCUT2D eigenvalue weighted by Crippen LogP contribution is -2.49. The molecule has 3 heterocycles. The lowest BCUT2D eigenvalue weighted by molar-refractivity contribution is 0.171. The van der Waals surface area contributed by atoms with Gasteiger partial charge in [0, 0.05) is 50.1 Å². The molecule has 1 N–H and O–H groups in total. The fourth-order valence-corrected chi connectivity index (χ4v) is 4.97. The molecule has 1 aliphatic heterocycles. The number of aryl methyl sites for hydroxylation is 1. The molecule has 0 spiro atoms. The van der Waals surface area contributed by atoms with Gasteiger partial charge in [0.2, 0.25) is 0 Å². The molecule has 2 aromatic carbocycles. The van der Waals surface area contributed by atoms with Gasteiger partial charge in [-0.05, 0) is 70.3 Å². The van der Waals surface area contributed by atoms with Crippen molar-refractivity contribution < 1.29 is 9.47 Å². The van der Waals surface area contributed by atoms with Crippen LogP contribution >= 0.6 is 0 Å². The first-order valence-corrected chi connectivity index (χ1v) is 12.6. The van der Waals surface area contributed by atoms with Crippen LogP contribution in [-0.2, 0) is 17.7 Å². The molecule has 1 atom stereocenters. The van der Waals surface area contributed by atoms with Crippen LogP contribution in [0.15, 0.2) is 53.3 Å². The number of pyridine rings is 1. The minimum atomic E-state index is -0.386. The molecule has 0 bridgehead atoms. The van der Waals surface area contributed by atoms with Crippen LogP contribution in [0.3, 0.4) is 0 Å². The SMILES string of the molecule is CCc1ccc2[nH]c(=O)c([C@H](c3nnnn3CCOC)N3CCN(c4ccc(OC)cc4)CC3)cc2c1. The predicted molar refractivity (Wildman–Crippen MR) is 142 cm³/mol. The lowest BCUT2D eigenvalue weighted by Gasteiger charge is -2.39. The third kappa shape index (κ3) is 5.21. The maximum absolute atomic E-state index is 13.4. The summed E-state index contributed by atoms with van der Waals surface area (Å²) in [6.07, 6.45) is 0.927. The number of aromatic amines is 1. The van der Waals surface area contributed by atoms with Crippen LogP contribution in [0.2, 0.25) is 0 Å². The summed E-state index contributed by atoms with van der Waals surface area (Å²) in [6.45, 7) is 6.24. The van der Waals surface area contributed by atoms with Crippen molar-refractivity contribution in [1.82, 2.24) is 30.1 Å². The summed E-state index contributed by atoms with van der Waals surface area (Å²) in [6, 6.07) is 15.9. The molecule has 194 valence electrons. The molecule has 37 heavy (non-hydrogen) atoms. The van der Waals surface area contributed by atoms with Crippen molar-refractivity contribution in [3.05, 3.63) is 75.8 Å².